The van der Waals surface area contributed by atoms with Crippen LogP contribution in [0.3, 0.4) is 0 Å². The van der Waals surface area contributed by atoms with Gasteiger partial charge < -0.3 is 10.2 Å². The fraction of sp³-hybridized carbons (Fsp3) is 0.421. The Labute approximate surface area is 149 Å². The minimum atomic E-state index is 0. The molecule has 1 N–H and O–H groups in total. The Kier molecular flexibility index (Phi) is 5.39. The average Bonchev–Trinajstić information content (AvgIpc) is 3.11. The number of rotatable bonds is 2. The highest BCUT2D eigenvalue weighted by atomic mass is 35.5. The molecule has 1 atom stereocenters. The van der Waals surface area contributed by atoms with Crippen LogP contribution in [-0.4, -0.2) is 61.0 Å². The van der Waals surface area contributed by atoms with Crippen molar-refractivity contribution in [3.05, 3.63) is 48.0 Å². The molecule has 2 aromatic carbocycles. The summed E-state index contributed by atoms with van der Waals surface area (Å²) in [6.45, 7) is 6.07. The lowest BCUT2D eigenvalue weighted by atomic mass is 10.1. The predicted octanol–water partition coefficient (Wildman–Crippen LogP) is 2.38. The van der Waals surface area contributed by atoms with Crippen LogP contribution in [0.5, 0.6) is 0 Å². The number of carbonyl (C=O) groups excluding carboxylic acids is 1. The maximum Gasteiger partial charge on any atom is 0.253 e. The third-order valence-electron chi connectivity index (χ3n) is 5.11. The van der Waals surface area contributed by atoms with E-state index in [1.165, 1.54) is 5.39 Å². The molecule has 4 nitrogen and oxygen atoms in total. The molecule has 2 fully saturated rings. The van der Waals surface area contributed by atoms with Crippen molar-refractivity contribution in [1.29, 1.82) is 0 Å². The normalized spacial score (nSPS) is 21.7. The first kappa shape index (κ1) is 17.2. The number of benzene rings is 2. The van der Waals surface area contributed by atoms with Crippen molar-refractivity contribution in [2.24, 2.45) is 0 Å². The molecule has 0 radical (unpaired) electrons. The van der Waals surface area contributed by atoms with E-state index in [1.54, 1.807) is 0 Å². The van der Waals surface area contributed by atoms with Gasteiger partial charge in [-0.05, 0) is 29.3 Å². The van der Waals surface area contributed by atoms with Crippen molar-refractivity contribution in [3.63, 3.8) is 0 Å². The summed E-state index contributed by atoms with van der Waals surface area (Å²) in [6, 6.07) is 14.8. The van der Waals surface area contributed by atoms with E-state index >= 15 is 0 Å². The van der Waals surface area contributed by atoms with Gasteiger partial charge in [-0.2, -0.15) is 0 Å². The summed E-state index contributed by atoms with van der Waals surface area (Å²) in [7, 11) is 0. The van der Waals surface area contributed by atoms with E-state index in [9.17, 15) is 4.79 Å². The van der Waals surface area contributed by atoms with Crippen LogP contribution in [0, 0.1) is 0 Å². The molecule has 2 saturated heterocycles. The summed E-state index contributed by atoms with van der Waals surface area (Å²) in [4.78, 5) is 17.4. The summed E-state index contributed by atoms with van der Waals surface area (Å²) < 4.78 is 0. The molecule has 5 heteroatoms. The molecule has 4 rings (SSSR count). The number of nitrogens with zero attached hydrogens (tertiary/aromatic N) is 2. The summed E-state index contributed by atoms with van der Waals surface area (Å²) in [5.41, 5.74) is 0.810. The fourth-order valence-electron chi connectivity index (χ4n) is 3.78. The number of hydrogen-bond acceptors (Lipinski definition) is 3. The van der Waals surface area contributed by atoms with Crippen LogP contribution in [-0.2, 0) is 0 Å². The summed E-state index contributed by atoms with van der Waals surface area (Å²) in [5.74, 6) is 0.174. The molecule has 0 saturated carbocycles. The summed E-state index contributed by atoms with van der Waals surface area (Å²) in [5, 5.41) is 5.71. The number of amides is 1. The standard InChI is InChI=1S/C19H23N3O.ClH/c23-19(17-6-5-15-3-1-2-4-16(15)13-17)22-10-7-18(14-22)21-11-8-20-9-12-21;/h1-6,13,18,20H,7-12,14H2;1H. The van der Waals surface area contributed by atoms with Gasteiger partial charge in [-0.15, -0.1) is 12.4 Å². The van der Waals surface area contributed by atoms with E-state index in [0.717, 1.165) is 56.6 Å². The molecule has 2 aromatic rings. The number of fused-ring (bicyclic) bond motifs is 1. The van der Waals surface area contributed by atoms with Crippen molar-refractivity contribution in [2.75, 3.05) is 39.3 Å². The predicted molar refractivity (Wildman–Crippen MR) is 99.9 cm³/mol. The molecule has 0 aromatic heterocycles. The van der Waals surface area contributed by atoms with Gasteiger partial charge >= 0.3 is 0 Å². The Hall–Kier alpha value is -1.62. The number of carbonyl (C=O) groups is 1. The highest BCUT2D eigenvalue weighted by Gasteiger charge is 2.31. The number of piperazine rings is 1. The number of halogens is 1. The Balaban J connectivity index is 0.00000169. The first-order valence-electron chi connectivity index (χ1n) is 8.54. The van der Waals surface area contributed by atoms with E-state index < -0.39 is 0 Å². The molecule has 1 amide bonds. The van der Waals surface area contributed by atoms with Crippen LogP contribution < -0.4 is 5.32 Å². The van der Waals surface area contributed by atoms with Gasteiger partial charge in [0.2, 0.25) is 0 Å². The van der Waals surface area contributed by atoms with E-state index in [0.29, 0.717) is 6.04 Å². The monoisotopic (exact) mass is 345 g/mol. The zero-order valence-corrected chi connectivity index (χ0v) is 14.6. The second kappa shape index (κ2) is 7.51. The number of hydrogen-bond donors (Lipinski definition) is 1. The smallest absolute Gasteiger partial charge is 0.253 e. The molecule has 2 heterocycles. The van der Waals surface area contributed by atoms with Gasteiger partial charge in [0.05, 0.1) is 0 Å². The van der Waals surface area contributed by atoms with Gasteiger partial charge in [-0.3, -0.25) is 9.69 Å². The van der Waals surface area contributed by atoms with Crippen LogP contribution in [0.4, 0.5) is 0 Å². The fourth-order valence-corrected chi connectivity index (χ4v) is 3.78. The van der Waals surface area contributed by atoms with Crippen molar-refractivity contribution < 1.29 is 4.79 Å². The van der Waals surface area contributed by atoms with Gasteiger partial charge in [0.15, 0.2) is 0 Å². The van der Waals surface area contributed by atoms with Gasteiger partial charge in [-0.1, -0.05) is 30.3 Å². The summed E-state index contributed by atoms with van der Waals surface area (Å²) >= 11 is 0. The van der Waals surface area contributed by atoms with Crippen molar-refractivity contribution in [1.82, 2.24) is 15.1 Å². The third kappa shape index (κ3) is 3.41. The Bertz CT molecular complexity index is 715. The Morgan fingerprint density at radius 3 is 2.54 bits per heavy atom. The lowest BCUT2D eigenvalue weighted by Gasteiger charge is -2.32. The third-order valence-corrected chi connectivity index (χ3v) is 5.11. The minimum Gasteiger partial charge on any atom is -0.337 e. The molecule has 2 aliphatic heterocycles. The second-order valence-electron chi connectivity index (χ2n) is 6.54. The van der Waals surface area contributed by atoms with Gasteiger partial charge in [0.1, 0.15) is 0 Å². The molecule has 24 heavy (non-hydrogen) atoms. The first-order chi connectivity index (χ1) is 11.3. The lowest BCUT2D eigenvalue weighted by molar-refractivity contribution is 0.0773. The first-order valence-corrected chi connectivity index (χ1v) is 8.54. The number of nitrogens with one attached hydrogen (secondary N) is 1. The van der Waals surface area contributed by atoms with Crippen LogP contribution in [0.15, 0.2) is 42.5 Å². The second-order valence-corrected chi connectivity index (χ2v) is 6.54. The van der Waals surface area contributed by atoms with Crippen molar-refractivity contribution in [2.45, 2.75) is 12.5 Å². The number of likely N-dealkylation sites (tertiary alicyclic amines) is 1. The minimum absolute atomic E-state index is 0. The van der Waals surface area contributed by atoms with Crippen molar-refractivity contribution >= 4 is 29.1 Å². The quantitative estimate of drug-likeness (QED) is 0.907. The van der Waals surface area contributed by atoms with Crippen LogP contribution in [0.2, 0.25) is 0 Å². The zero-order chi connectivity index (χ0) is 15.6. The van der Waals surface area contributed by atoms with E-state index in [2.05, 4.69) is 22.3 Å². The van der Waals surface area contributed by atoms with Crippen LogP contribution in [0.25, 0.3) is 10.8 Å². The zero-order valence-electron chi connectivity index (χ0n) is 13.8. The SMILES string of the molecule is Cl.O=C(c1ccc2ccccc2c1)N1CCC(N2CCNCC2)C1. The lowest BCUT2D eigenvalue weighted by Crippen LogP contribution is -2.49. The largest absolute Gasteiger partial charge is 0.337 e. The molecule has 2 aliphatic rings. The Morgan fingerprint density at radius 2 is 1.75 bits per heavy atom. The molecule has 0 aliphatic carbocycles. The highest BCUT2D eigenvalue weighted by molar-refractivity contribution is 5.98. The van der Waals surface area contributed by atoms with Crippen molar-refractivity contribution in [3.8, 4) is 0 Å². The van der Waals surface area contributed by atoms with Gasteiger partial charge in [0.25, 0.3) is 5.91 Å². The molecule has 128 valence electrons. The van der Waals surface area contributed by atoms with Gasteiger partial charge in [-0.25, -0.2) is 0 Å². The molecule has 0 bridgehead atoms. The van der Waals surface area contributed by atoms with E-state index in [4.69, 9.17) is 0 Å². The highest BCUT2D eigenvalue weighted by Crippen LogP contribution is 2.21. The molecule has 0 spiro atoms. The van der Waals surface area contributed by atoms with E-state index in [1.807, 2.05) is 35.2 Å². The maximum atomic E-state index is 12.8. The van der Waals surface area contributed by atoms with Crippen LogP contribution in [0.1, 0.15) is 16.8 Å². The summed E-state index contributed by atoms with van der Waals surface area (Å²) in [6.07, 6.45) is 1.10. The average molecular weight is 346 g/mol. The molecular formula is C19H24ClN3O. The maximum absolute atomic E-state index is 12.8. The topological polar surface area (TPSA) is 35.6 Å². The van der Waals surface area contributed by atoms with Gasteiger partial charge in [0, 0.05) is 50.9 Å². The molecule has 1 unspecified atom stereocenters. The Morgan fingerprint density at radius 1 is 1.00 bits per heavy atom. The van der Waals surface area contributed by atoms with Crippen LogP contribution >= 0.6 is 12.4 Å². The van der Waals surface area contributed by atoms with E-state index in [-0.39, 0.29) is 18.3 Å². The molecular weight excluding hydrogens is 322 g/mol.